The number of carbonyl (C=O) groups excluding carboxylic acids is 1. The summed E-state index contributed by atoms with van der Waals surface area (Å²) < 4.78 is 34.2. The lowest BCUT2D eigenvalue weighted by molar-refractivity contribution is 0.0949. The Hall–Kier alpha value is -2.96. The normalized spacial score (nSPS) is 10.1. The van der Waals surface area contributed by atoms with E-state index < -0.39 is 5.82 Å². The zero-order chi connectivity index (χ0) is 18.4. The summed E-state index contributed by atoms with van der Waals surface area (Å²) in [5, 5.41) is 2.72. The Bertz CT molecular complexity index is 738. The topological polar surface area (TPSA) is 66.0 Å². The number of methoxy groups -OCH3 is 4. The minimum atomic E-state index is -0.405. The summed E-state index contributed by atoms with van der Waals surface area (Å²) in [5.41, 5.74) is 0.855. The number of nitrogens with one attached hydrogen (secondary N) is 1. The fourth-order valence-electron chi connectivity index (χ4n) is 2.38. The number of hydrogen-bond donors (Lipinski definition) is 1. The molecular weight excluding hydrogens is 329 g/mol. The third-order valence-corrected chi connectivity index (χ3v) is 3.61. The molecule has 2 rings (SSSR count). The van der Waals surface area contributed by atoms with Gasteiger partial charge in [0.25, 0.3) is 5.91 Å². The molecule has 0 atom stereocenters. The van der Waals surface area contributed by atoms with Gasteiger partial charge in [-0.1, -0.05) is 0 Å². The van der Waals surface area contributed by atoms with Gasteiger partial charge in [-0.3, -0.25) is 4.79 Å². The molecule has 0 aliphatic rings. The number of rotatable bonds is 7. The number of hydrogen-bond acceptors (Lipinski definition) is 5. The molecule has 1 amide bonds. The molecule has 0 heterocycles. The molecule has 0 spiro atoms. The summed E-state index contributed by atoms with van der Waals surface area (Å²) >= 11 is 0. The van der Waals surface area contributed by atoms with Crippen molar-refractivity contribution in [3.8, 4) is 23.0 Å². The van der Waals surface area contributed by atoms with Crippen LogP contribution in [0.4, 0.5) is 4.39 Å². The van der Waals surface area contributed by atoms with E-state index in [1.807, 2.05) is 0 Å². The highest BCUT2D eigenvalue weighted by Gasteiger charge is 2.17. The number of halogens is 1. The smallest absolute Gasteiger partial charge is 0.251 e. The number of benzene rings is 2. The van der Waals surface area contributed by atoms with Crippen LogP contribution in [0.1, 0.15) is 15.9 Å². The van der Waals surface area contributed by atoms with Crippen LogP contribution in [0.5, 0.6) is 23.0 Å². The lowest BCUT2D eigenvalue weighted by Crippen LogP contribution is -2.23. The van der Waals surface area contributed by atoms with E-state index in [1.165, 1.54) is 46.6 Å². The Kier molecular flexibility index (Phi) is 6.05. The molecule has 134 valence electrons. The summed E-state index contributed by atoms with van der Waals surface area (Å²) in [5.74, 6) is 0.856. The third kappa shape index (κ3) is 4.12. The van der Waals surface area contributed by atoms with Crippen molar-refractivity contribution in [3.05, 3.63) is 47.3 Å². The fraction of sp³-hybridized carbons (Fsp3) is 0.278. The highest BCUT2D eigenvalue weighted by molar-refractivity contribution is 5.95. The van der Waals surface area contributed by atoms with Crippen LogP contribution in [0.2, 0.25) is 0 Å². The van der Waals surface area contributed by atoms with Crippen LogP contribution in [0.3, 0.4) is 0 Å². The molecule has 0 aliphatic heterocycles. The minimum Gasteiger partial charge on any atom is -0.496 e. The molecular formula is C18H20FNO5. The Morgan fingerprint density at radius 2 is 1.52 bits per heavy atom. The molecule has 0 aromatic heterocycles. The van der Waals surface area contributed by atoms with E-state index in [2.05, 4.69) is 5.32 Å². The van der Waals surface area contributed by atoms with Crippen molar-refractivity contribution in [2.24, 2.45) is 0 Å². The van der Waals surface area contributed by atoms with E-state index >= 15 is 0 Å². The Morgan fingerprint density at radius 3 is 2.04 bits per heavy atom. The zero-order valence-electron chi connectivity index (χ0n) is 14.5. The van der Waals surface area contributed by atoms with Crippen molar-refractivity contribution in [2.45, 2.75) is 6.54 Å². The monoisotopic (exact) mass is 349 g/mol. The average molecular weight is 349 g/mol. The average Bonchev–Trinajstić information content (AvgIpc) is 2.64. The lowest BCUT2D eigenvalue weighted by atomic mass is 10.1. The Labute approximate surface area is 145 Å². The zero-order valence-corrected chi connectivity index (χ0v) is 14.5. The maximum atomic E-state index is 13.4. The highest BCUT2D eigenvalue weighted by Crippen LogP contribution is 2.38. The van der Waals surface area contributed by atoms with Gasteiger partial charge < -0.3 is 24.3 Å². The molecule has 0 aliphatic carbocycles. The summed E-state index contributed by atoms with van der Waals surface area (Å²) in [6, 6.07) is 7.20. The summed E-state index contributed by atoms with van der Waals surface area (Å²) in [4.78, 5) is 12.4. The van der Waals surface area contributed by atoms with Gasteiger partial charge in [0, 0.05) is 17.7 Å². The number of ether oxygens (including phenoxy) is 4. The van der Waals surface area contributed by atoms with Crippen LogP contribution in [-0.2, 0) is 6.54 Å². The van der Waals surface area contributed by atoms with Gasteiger partial charge in [-0.25, -0.2) is 4.39 Å². The first-order chi connectivity index (χ1) is 12.0. The van der Waals surface area contributed by atoms with Gasteiger partial charge in [0.2, 0.25) is 5.75 Å². The van der Waals surface area contributed by atoms with E-state index in [0.717, 1.165) is 0 Å². The van der Waals surface area contributed by atoms with E-state index in [9.17, 15) is 9.18 Å². The molecule has 2 aromatic rings. The van der Waals surface area contributed by atoms with Gasteiger partial charge in [0.1, 0.15) is 11.6 Å². The molecule has 0 saturated carbocycles. The first-order valence-corrected chi connectivity index (χ1v) is 7.44. The first kappa shape index (κ1) is 18.4. The van der Waals surface area contributed by atoms with Gasteiger partial charge >= 0.3 is 0 Å². The van der Waals surface area contributed by atoms with E-state index in [0.29, 0.717) is 34.1 Å². The third-order valence-electron chi connectivity index (χ3n) is 3.61. The van der Waals surface area contributed by atoms with Crippen LogP contribution in [-0.4, -0.2) is 34.3 Å². The molecule has 0 unspecified atom stereocenters. The van der Waals surface area contributed by atoms with Crippen molar-refractivity contribution < 1.29 is 28.1 Å². The van der Waals surface area contributed by atoms with Crippen molar-refractivity contribution in [3.63, 3.8) is 0 Å². The first-order valence-electron chi connectivity index (χ1n) is 7.44. The summed E-state index contributed by atoms with van der Waals surface area (Å²) in [6.07, 6.45) is 0. The van der Waals surface area contributed by atoms with Crippen molar-refractivity contribution in [1.29, 1.82) is 0 Å². The Balaban J connectivity index is 2.23. The van der Waals surface area contributed by atoms with Gasteiger partial charge in [0.05, 0.1) is 28.4 Å². The molecule has 7 heteroatoms. The van der Waals surface area contributed by atoms with Crippen molar-refractivity contribution in [1.82, 2.24) is 5.32 Å². The molecule has 0 radical (unpaired) electrons. The van der Waals surface area contributed by atoms with Gasteiger partial charge in [-0.15, -0.1) is 0 Å². The molecule has 0 bridgehead atoms. The minimum absolute atomic E-state index is 0.108. The predicted octanol–water partition coefficient (Wildman–Crippen LogP) is 2.79. The molecule has 25 heavy (non-hydrogen) atoms. The maximum absolute atomic E-state index is 13.4. The van der Waals surface area contributed by atoms with Crippen molar-refractivity contribution >= 4 is 5.91 Å². The second-order valence-electron chi connectivity index (χ2n) is 5.05. The second kappa shape index (κ2) is 8.23. The van der Waals surface area contributed by atoms with Gasteiger partial charge in [-0.05, 0) is 30.3 Å². The van der Waals surface area contributed by atoms with E-state index in [4.69, 9.17) is 18.9 Å². The van der Waals surface area contributed by atoms with Crippen LogP contribution in [0.15, 0.2) is 30.3 Å². The summed E-state index contributed by atoms with van der Waals surface area (Å²) in [7, 11) is 5.90. The molecule has 1 N–H and O–H groups in total. The summed E-state index contributed by atoms with van der Waals surface area (Å²) in [6.45, 7) is 0.108. The standard InChI is InChI=1S/C18H20FNO5/c1-22-14-6-5-13(19)7-12(14)10-20-18(21)11-8-15(23-2)17(25-4)16(9-11)24-3/h5-9H,10H2,1-4H3,(H,20,21). The molecule has 0 fully saturated rings. The number of amides is 1. The lowest BCUT2D eigenvalue weighted by Gasteiger charge is -2.14. The number of carbonyl (C=O) groups is 1. The largest absolute Gasteiger partial charge is 0.496 e. The second-order valence-corrected chi connectivity index (χ2v) is 5.05. The molecule has 6 nitrogen and oxygen atoms in total. The van der Waals surface area contributed by atoms with E-state index in [-0.39, 0.29) is 12.5 Å². The quantitative estimate of drug-likeness (QED) is 0.833. The van der Waals surface area contributed by atoms with Gasteiger partial charge in [0.15, 0.2) is 11.5 Å². The molecule has 0 saturated heterocycles. The highest BCUT2D eigenvalue weighted by atomic mass is 19.1. The fourth-order valence-corrected chi connectivity index (χ4v) is 2.38. The van der Waals surface area contributed by atoms with Crippen LogP contribution in [0, 0.1) is 5.82 Å². The SMILES string of the molecule is COc1ccc(F)cc1CNC(=O)c1cc(OC)c(OC)c(OC)c1. The Morgan fingerprint density at radius 1 is 0.920 bits per heavy atom. The maximum Gasteiger partial charge on any atom is 0.251 e. The van der Waals surface area contributed by atoms with Crippen LogP contribution in [0.25, 0.3) is 0 Å². The van der Waals surface area contributed by atoms with E-state index in [1.54, 1.807) is 12.1 Å². The van der Waals surface area contributed by atoms with Crippen LogP contribution < -0.4 is 24.3 Å². The van der Waals surface area contributed by atoms with Gasteiger partial charge in [-0.2, -0.15) is 0 Å². The predicted molar refractivity (Wildman–Crippen MR) is 90.2 cm³/mol. The van der Waals surface area contributed by atoms with Crippen molar-refractivity contribution in [2.75, 3.05) is 28.4 Å². The van der Waals surface area contributed by atoms with Crippen LogP contribution >= 0.6 is 0 Å². The molecule has 2 aromatic carbocycles.